The van der Waals surface area contributed by atoms with Gasteiger partial charge in [-0.05, 0) is 42.0 Å². The predicted octanol–water partition coefficient (Wildman–Crippen LogP) is 4.45. The number of alkyl halides is 3. The van der Waals surface area contributed by atoms with Crippen LogP contribution in [0, 0.1) is 17.6 Å². The molecule has 3 saturated heterocycles. The lowest BCUT2D eigenvalue weighted by Gasteiger charge is -2.51. The fourth-order valence-electron chi connectivity index (χ4n) is 5.46. The molecule has 0 radical (unpaired) electrons. The van der Waals surface area contributed by atoms with Crippen LogP contribution in [0.25, 0.3) is 0 Å². The van der Waals surface area contributed by atoms with Crippen LogP contribution in [0.4, 0.5) is 27.6 Å². The lowest BCUT2D eigenvalue weighted by atomic mass is 9.82. The average Bonchev–Trinajstić information content (AvgIpc) is 2.98. The largest absolute Gasteiger partial charge is 0.542 e. The lowest BCUT2D eigenvalue weighted by molar-refractivity contribution is -0.938. The number of ether oxygens (including phenoxy) is 1. The number of carbonyl (C=O) groups excluding carboxylic acids is 3. The summed E-state index contributed by atoms with van der Waals surface area (Å²) < 4.78 is 65.2. The topological polar surface area (TPSA) is 95.5 Å². The number of piperidine rings is 3. The van der Waals surface area contributed by atoms with Crippen LogP contribution in [0.15, 0.2) is 78.9 Å². The van der Waals surface area contributed by atoms with Crippen LogP contribution < -0.4 is 10.4 Å². The number of hydrogen-bond acceptors (Lipinski definition) is 6. The Kier molecular flexibility index (Phi) is 9.80. The van der Waals surface area contributed by atoms with Crippen molar-refractivity contribution in [3.8, 4) is 0 Å². The Morgan fingerprint density at radius 3 is 1.95 bits per heavy atom. The monoisotopic (exact) mass is 604 g/mol. The van der Waals surface area contributed by atoms with Gasteiger partial charge in [-0.1, -0.05) is 42.5 Å². The van der Waals surface area contributed by atoms with Crippen molar-refractivity contribution in [2.45, 2.75) is 31.2 Å². The summed E-state index contributed by atoms with van der Waals surface area (Å²) >= 11 is 0. The summed E-state index contributed by atoms with van der Waals surface area (Å²) in [5.74, 6) is -3.92. The molecule has 0 amide bonds. The number of Topliss-reactive ketones (excluding diaryl/α,β-unsaturated/α-hetero) is 1. The van der Waals surface area contributed by atoms with Crippen LogP contribution in [0.5, 0.6) is 0 Å². The van der Waals surface area contributed by atoms with E-state index in [2.05, 4.69) is 5.32 Å². The summed E-state index contributed by atoms with van der Waals surface area (Å²) in [5.41, 5.74) is 1.80. The van der Waals surface area contributed by atoms with Gasteiger partial charge in [0.25, 0.3) is 0 Å². The standard InChI is InChI=1S/C29H29F2N2O3.C2HF3O2/c30-23-8-6-22(7-9-23)28(32-25-12-10-24(31)11-13-25)29(35)36-27-19-33(16-14-21(27)15-17-33)18-26(34)20-4-2-1-3-5-20;3-2(4,5)1(6)7/h1-13,21,27-28,32H,14-19H2;(H,6,7)/q+1;/p-1/t21?,27-,28?,33?;/m0./s1. The molecular weight excluding hydrogens is 575 g/mol. The number of quaternary nitrogens is 1. The Hall–Kier alpha value is -4.32. The second-order valence-corrected chi connectivity index (χ2v) is 10.7. The fourth-order valence-corrected chi connectivity index (χ4v) is 5.46. The third-order valence-corrected chi connectivity index (χ3v) is 7.71. The number of nitrogens with zero attached hydrogens (tertiary/aromatic N) is 1. The number of anilines is 1. The molecule has 3 fully saturated rings. The zero-order valence-electron chi connectivity index (χ0n) is 22.9. The number of carbonyl (C=O) groups is 3. The van der Waals surface area contributed by atoms with Crippen LogP contribution in [-0.2, 0) is 14.3 Å². The van der Waals surface area contributed by atoms with Gasteiger partial charge < -0.3 is 24.4 Å². The van der Waals surface area contributed by atoms with Gasteiger partial charge in [-0.25, -0.2) is 13.6 Å². The fraction of sp³-hybridized carbons (Fsp3) is 0.323. The van der Waals surface area contributed by atoms with Crippen LogP contribution in [0.1, 0.15) is 34.8 Å². The summed E-state index contributed by atoms with van der Waals surface area (Å²) in [6, 6.07) is 19.8. The molecule has 0 aliphatic carbocycles. The van der Waals surface area contributed by atoms with E-state index in [-0.39, 0.29) is 23.6 Å². The molecule has 3 aromatic rings. The molecule has 2 atom stereocenters. The maximum atomic E-state index is 13.6. The van der Waals surface area contributed by atoms with Gasteiger partial charge in [-0.2, -0.15) is 13.2 Å². The number of nitrogens with one attached hydrogen (secondary N) is 1. The van der Waals surface area contributed by atoms with Crippen LogP contribution in [-0.4, -0.2) is 60.7 Å². The van der Waals surface area contributed by atoms with E-state index >= 15 is 0 Å². The summed E-state index contributed by atoms with van der Waals surface area (Å²) in [6.45, 7) is 2.78. The van der Waals surface area contributed by atoms with Crippen molar-refractivity contribution in [2.75, 3.05) is 31.5 Å². The quantitative estimate of drug-likeness (QED) is 0.177. The van der Waals surface area contributed by atoms with E-state index in [1.165, 1.54) is 24.3 Å². The highest BCUT2D eigenvalue weighted by Crippen LogP contribution is 2.37. The molecule has 0 aromatic heterocycles. The van der Waals surface area contributed by atoms with E-state index < -0.39 is 30.0 Å². The molecule has 12 heteroatoms. The van der Waals surface area contributed by atoms with Gasteiger partial charge in [0.15, 0.2) is 12.1 Å². The molecule has 2 bridgehead atoms. The molecule has 0 spiro atoms. The molecule has 3 aromatic carbocycles. The van der Waals surface area contributed by atoms with Crippen molar-refractivity contribution in [3.05, 3.63) is 102 Å². The molecule has 1 N–H and O–H groups in total. The summed E-state index contributed by atoms with van der Waals surface area (Å²) in [7, 11) is 0. The lowest BCUT2D eigenvalue weighted by Crippen LogP contribution is -2.65. The van der Waals surface area contributed by atoms with Gasteiger partial charge >= 0.3 is 12.1 Å². The third kappa shape index (κ3) is 8.38. The molecule has 228 valence electrons. The van der Waals surface area contributed by atoms with E-state index in [0.717, 1.165) is 25.9 Å². The molecule has 7 nitrogen and oxygen atoms in total. The zero-order chi connectivity index (χ0) is 31.2. The first-order valence-corrected chi connectivity index (χ1v) is 13.5. The number of hydrogen-bond donors (Lipinski definition) is 1. The number of esters is 1. The van der Waals surface area contributed by atoms with Crippen molar-refractivity contribution in [1.82, 2.24) is 0 Å². The van der Waals surface area contributed by atoms with Gasteiger partial charge in [-0.3, -0.25) is 4.79 Å². The van der Waals surface area contributed by atoms with E-state index in [1.807, 2.05) is 30.3 Å². The second-order valence-electron chi connectivity index (χ2n) is 10.7. The number of carboxylic acid groups (broad SMARTS) is 1. The minimum Gasteiger partial charge on any atom is -0.542 e. The maximum Gasteiger partial charge on any atom is 0.430 e. The number of halogens is 5. The summed E-state index contributed by atoms with van der Waals surface area (Å²) in [5, 5.41) is 11.9. The molecule has 6 rings (SSSR count). The first-order valence-electron chi connectivity index (χ1n) is 13.5. The predicted molar refractivity (Wildman–Crippen MR) is 143 cm³/mol. The highest BCUT2D eigenvalue weighted by Gasteiger charge is 2.49. The summed E-state index contributed by atoms with van der Waals surface area (Å²) in [4.78, 5) is 35.2. The highest BCUT2D eigenvalue weighted by molar-refractivity contribution is 5.97. The Labute approximate surface area is 244 Å². The number of ketones is 1. The molecule has 0 saturated carbocycles. The van der Waals surface area contributed by atoms with Crippen molar-refractivity contribution in [3.63, 3.8) is 0 Å². The molecule has 3 aliphatic rings. The number of carboxylic acids is 1. The second kappa shape index (κ2) is 13.3. The van der Waals surface area contributed by atoms with E-state index in [0.29, 0.717) is 34.4 Å². The molecule has 43 heavy (non-hydrogen) atoms. The minimum absolute atomic E-state index is 0.100. The van der Waals surface area contributed by atoms with Crippen molar-refractivity contribution in [2.24, 2.45) is 5.92 Å². The molecule has 1 unspecified atom stereocenters. The Morgan fingerprint density at radius 1 is 0.884 bits per heavy atom. The Morgan fingerprint density at radius 2 is 1.42 bits per heavy atom. The summed E-state index contributed by atoms with van der Waals surface area (Å²) in [6.07, 6.45) is -3.71. The Balaban J connectivity index is 0.000000541. The van der Waals surface area contributed by atoms with Gasteiger partial charge in [-0.15, -0.1) is 0 Å². The molecule has 3 heterocycles. The average molecular weight is 605 g/mol. The SMILES string of the molecule is O=C(C[N+]12CCC(CC1)[C@@H](OC(=O)C(Nc1ccc(F)cc1)c1ccc(F)cc1)C2)c1ccccc1.O=C([O-])C(F)(F)F. The van der Waals surface area contributed by atoms with Crippen molar-refractivity contribution >= 4 is 23.4 Å². The minimum atomic E-state index is -5.19. The van der Waals surface area contributed by atoms with Crippen LogP contribution in [0.3, 0.4) is 0 Å². The highest BCUT2D eigenvalue weighted by atomic mass is 19.4. The third-order valence-electron chi connectivity index (χ3n) is 7.71. The van der Waals surface area contributed by atoms with Crippen LogP contribution >= 0.6 is 0 Å². The zero-order valence-corrected chi connectivity index (χ0v) is 22.9. The van der Waals surface area contributed by atoms with Gasteiger partial charge in [0, 0.05) is 30.0 Å². The molecular formula is C31H29F5N2O5. The van der Waals surface area contributed by atoms with Gasteiger partial charge in [0.1, 0.15) is 30.7 Å². The number of rotatable bonds is 8. The van der Waals surface area contributed by atoms with Gasteiger partial charge in [0.05, 0.1) is 13.1 Å². The number of fused-ring (bicyclic) bond motifs is 3. The first-order chi connectivity index (χ1) is 20.3. The van der Waals surface area contributed by atoms with Crippen molar-refractivity contribution < 1.29 is 50.7 Å². The van der Waals surface area contributed by atoms with Crippen LogP contribution in [0.2, 0.25) is 0 Å². The van der Waals surface area contributed by atoms with E-state index in [1.54, 1.807) is 24.3 Å². The molecule has 3 aliphatic heterocycles. The van der Waals surface area contributed by atoms with E-state index in [4.69, 9.17) is 14.6 Å². The Bertz CT molecular complexity index is 1410. The smallest absolute Gasteiger partial charge is 0.430 e. The van der Waals surface area contributed by atoms with Crippen molar-refractivity contribution in [1.29, 1.82) is 0 Å². The number of benzene rings is 3. The normalized spacial score (nSPS) is 21.6. The maximum absolute atomic E-state index is 13.6. The number of aliphatic carboxylic acids is 1. The first kappa shape index (κ1) is 31.6. The van der Waals surface area contributed by atoms with E-state index in [9.17, 15) is 31.5 Å². The van der Waals surface area contributed by atoms with Gasteiger partial charge in [0.2, 0.25) is 5.78 Å².